The van der Waals surface area contributed by atoms with Crippen molar-refractivity contribution in [3.8, 4) is 0 Å². The van der Waals surface area contributed by atoms with Crippen LogP contribution in [0.15, 0.2) is 47.4 Å². The molecule has 0 aliphatic carbocycles. The predicted octanol–water partition coefficient (Wildman–Crippen LogP) is 3.59. The lowest BCUT2D eigenvalue weighted by Crippen LogP contribution is -2.48. The Hall–Kier alpha value is -2.26. The summed E-state index contributed by atoms with van der Waals surface area (Å²) in [6.45, 7) is 5.56. The highest BCUT2D eigenvalue weighted by Gasteiger charge is 2.32. The molecule has 0 unspecified atom stereocenters. The number of hydrogen-bond acceptors (Lipinski definition) is 5. The van der Waals surface area contributed by atoms with E-state index in [4.69, 9.17) is 16.3 Å². The predicted molar refractivity (Wildman–Crippen MR) is 115 cm³/mol. The number of hydrogen-bond donors (Lipinski definition) is 1. The van der Waals surface area contributed by atoms with Crippen molar-refractivity contribution in [2.24, 2.45) is 0 Å². The molecule has 2 aromatic carbocycles. The number of benzene rings is 2. The summed E-state index contributed by atoms with van der Waals surface area (Å²) in [5.74, 6) is -0.628. The first-order valence-corrected chi connectivity index (χ1v) is 11.3. The third-order valence-electron chi connectivity index (χ3n) is 4.76. The van der Waals surface area contributed by atoms with Gasteiger partial charge in [0.25, 0.3) is 5.91 Å². The van der Waals surface area contributed by atoms with Crippen molar-refractivity contribution in [1.29, 1.82) is 0 Å². The molecule has 1 aliphatic rings. The third kappa shape index (κ3) is 4.89. The number of sulfonamides is 1. The van der Waals surface area contributed by atoms with Gasteiger partial charge in [0.2, 0.25) is 10.0 Å². The molecule has 9 heteroatoms. The maximum atomic E-state index is 13.1. The summed E-state index contributed by atoms with van der Waals surface area (Å²) in [6, 6.07) is 10.5. The monoisotopic (exact) mass is 450 g/mol. The van der Waals surface area contributed by atoms with Gasteiger partial charge < -0.3 is 10.1 Å². The summed E-state index contributed by atoms with van der Waals surface area (Å²) < 4.78 is 33.1. The van der Waals surface area contributed by atoms with Gasteiger partial charge in [-0.3, -0.25) is 9.59 Å². The lowest BCUT2D eigenvalue weighted by molar-refractivity contribution is -0.0440. The molecule has 30 heavy (non-hydrogen) atoms. The van der Waals surface area contributed by atoms with Gasteiger partial charge in [0.15, 0.2) is 5.78 Å². The normalized spacial score (nSPS) is 20.0. The highest BCUT2D eigenvalue weighted by atomic mass is 35.5. The summed E-state index contributed by atoms with van der Waals surface area (Å²) in [7, 11) is -3.81. The van der Waals surface area contributed by atoms with E-state index in [1.54, 1.807) is 24.3 Å². The third-order valence-corrected chi connectivity index (χ3v) is 6.91. The molecule has 1 aliphatic heterocycles. The number of carbonyl (C=O) groups excluding carboxylic acids is 2. The number of amides is 1. The zero-order chi connectivity index (χ0) is 22.1. The number of morpholine rings is 1. The van der Waals surface area contributed by atoms with E-state index < -0.39 is 15.9 Å². The Kier molecular flexibility index (Phi) is 6.62. The van der Waals surface area contributed by atoms with Gasteiger partial charge >= 0.3 is 0 Å². The quantitative estimate of drug-likeness (QED) is 0.702. The van der Waals surface area contributed by atoms with Gasteiger partial charge in [0, 0.05) is 24.3 Å². The van der Waals surface area contributed by atoms with Crippen LogP contribution < -0.4 is 5.32 Å². The molecule has 0 bridgehead atoms. The van der Waals surface area contributed by atoms with E-state index in [-0.39, 0.29) is 46.6 Å². The lowest BCUT2D eigenvalue weighted by Gasteiger charge is -2.34. The van der Waals surface area contributed by atoms with Crippen molar-refractivity contribution in [2.75, 3.05) is 18.4 Å². The molecule has 1 fully saturated rings. The second-order valence-corrected chi connectivity index (χ2v) is 9.65. The summed E-state index contributed by atoms with van der Waals surface area (Å²) in [4.78, 5) is 24.1. The van der Waals surface area contributed by atoms with Crippen molar-refractivity contribution >= 4 is 39.0 Å². The van der Waals surface area contributed by atoms with Crippen LogP contribution in [0.1, 0.15) is 41.5 Å². The SMILES string of the molecule is CC(=O)c1ccc(NC(=O)c2cc(S(=O)(=O)N3C[C@H](C)O[C@@H](C)C3)ccc2Cl)cc1. The first kappa shape index (κ1) is 22.4. The van der Waals surface area contributed by atoms with Crippen LogP contribution in [0.3, 0.4) is 0 Å². The molecule has 3 rings (SSSR count). The fourth-order valence-electron chi connectivity index (χ4n) is 3.30. The number of nitrogens with one attached hydrogen (secondary N) is 1. The van der Waals surface area contributed by atoms with E-state index >= 15 is 0 Å². The van der Waals surface area contributed by atoms with Crippen molar-refractivity contribution in [3.05, 3.63) is 58.6 Å². The average Bonchev–Trinajstić information content (AvgIpc) is 2.67. The van der Waals surface area contributed by atoms with E-state index in [0.717, 1.165) is 0 Å². The van der Waals surface area contributed by atoms with Crippen LogP contribution in [-0.4, -0.2) is 49.7 Å². The van der Waals surface area contributed by atoms with Crippen LogP contribution in [-0.2, 0) is 14.8 Å². The molecule has 0 aromatic heterocycles. The number of anilines is 1. The average molecular weight is 451 g/mol. The fourth-order valence-corrected chi connectivity index (χ4v) is 5.12. The number of ketones is 1. The summed E-state index contributed by atoms with van der Waals surface area (Å²) in [6.07, 6.45) is -0.451. The largest absolute Gasteiger partial charge is 0.373 e. The zero-order valence-electron chi connectivity index (χ0n) is 16.9. The first-order valence-electron chi connectivity index (χ1n) is 9.45. The summed E-state index contributed by atoms with van der Waals surface area (Å²) in [5.41, 5.74) is 1.03. The highest BCUT2D eigenvalue weighted by molar-refractivity contribution is 7.89. The number of nitrogens with zero attached hydrogens (tertiary/aromatic N) is 1. The van der Waals surface area contributed by atoms with Gasteiger partial charge in [-0.05, 0) is 63.2 Å². The highest BCUT2D eigenvalue weighted by Crippen LogP contribution is 2.26. The van der Waals surface area contributed by atoms with Gasteiger partial charge in [0.1, 0.15) is 0 Å². The zero-order valence-corrected chi connectivity index (χ0v) is 18.5. The Balaban J connectivity index is 1.85. The number of Topliss-reactive ketones (excluding diaryl/α,β-unsaturated/α-hetero) is 1. The maximum absolute atomic E-state index is 13.1. The molecule has 1 heterocycles. The molecule has 2 aromatic rings. The minimum Gasteiger partial charge on any atom is -0.373 e. The van der Waals surface area contributed by atoms with Gasteiger partial charge in [-0.2, -0.15) is 4.31 Å². The molecule has 1 N–H and O–H groups in total. The molecule has 0 saturated carbocycles. The molecule has 1 saturated heterocycles. The van der Waals surface area contributed by atoms with E-state index in [1.807, 2.05) is 13.8 Å². The number of rotatable bonds is 5. The van der Waals surface area contributed by atoms with Gasteiger partial charge in [-0.25, -0.2) is 8.42 Å². The van der Waals surface area contributed by atoms with Crippen LogP contribution in [0.4, 0.5) is 5.69 Å². The fraction of sp³-hybridized carbons (Fsp3) is 0.333. The molecule has 0 radical (unpaired) electrons. The summed E-state index contributed by atoms with van der Waals surface area (Å²) in [5, 5.41) is 2.81. The van der Waals surface area contributed by atoms with Crippen molar-refractivity contribution in [2.45, 2.75) is 37.9 Å². The maximum Gasteiger partial charge on any atom is 0.257 e. The van der Waals surface area contributed by atoms with Crippen molar-refractivity contribution in [1.82, 2.24) is 4.31 Å². The Morgan fingerprint density at radius 1 is 1.07 bits per heavy atom. The Morgan fingerprint density at radius 3 is 2.23 bits per heavy atom. The Bertz CT molecular complexity index is 1060. The van der Waals surface area contributed by atoms with E-state index in [9.17, 15) is 18.0 Å². The van der Waals surface area contributed by atoms with Gasteiger partial charge in [-0.15, -0.1) is 0 Å². The van der Waals surface area contributed by atoms with Crippen LogP contribution in [0.2, 0.25) is 5.02 Å². The number of carbonyl (C=O) groups is 2. The molecule has 160 valence electrons. The first-order chi connectivity index (χ1) is 14.1. The van der Waals surface area contributed by atoms with Crippen LogP contribution >= 0.6 is 11.6 Å². The molecule has 1 amide bonds. The van der Waals surface area contributed by atoms with Gasteiger partial charge in [0.05, 0.1) is 27.7 Å². The van der Waals surface area contributed by atoms with Crippen LogP contribution in [0, 0.1) is 0 Å². The number of ether oxygens (including phenoxy) is 1. The second kappa shape index (κ2) is 8.85. The molecule has 2 atom stereocenters. The second-order valence-electron chi connectivity index (χ2n) is 7.31. The number of halogens is 1. The van der Waals surface area contributed by atoms with E-state index in [0.29, 0.717) is 11.3 Å². The summed E-state index contributed by atoms with van der Waals surface area (Å²) >= 11 is 6.17. The van der Waals surface area contributed by atoms with Crippen molar-refractivity contribution < 1.29 is 22.7 Å². The topological polar surface area (TPSA) is 92.8 Å². The molecule has 0 spiro atoms. The van der Waals surface area contributed by atoms with Gasteiger partial charge in [-0.1, -0.05) is 11.6 Å². The minimum atomic E-state index is -3.81. The lowest BCUT2D eigenvalue weighted by atomic mass is 10.1. The molecular formula is C21H23ClN2O5S. The minimum absolute atomic E-state index is 0.00900. The van der Waals surface area contributed by atoms with Crippen LogP contribution in [0.25, 0.3) is 0 Å². The standard InChI is InChI=1S/C21H23ClN2O5S/c1-13-11-24(12-14(2)29-13)30(27,28)18-8-9-20(22)19(10-18)21(26)23-17-6-4-16(5-7-17)15(3)25/h4-10,13-14H,11-12H2,1-3H3,(H,23,26)/t13-,14-/m0/s1. The van der Waals surface area contributed by atoms with Crippen LogP contribution in [0.5, 0.6) is 0 Å². The molecule has 7 nitrogen and oxygen atoms in total. The van der Waals surface area contributed by atoms with E-state index in [1.165, 1.54) is 29.4 Å². The molecular weight excluding hydrogens is 428 g/mol. The Labute approximate surface area is 181 Å². The Morgan fingerprint density at radius 2 is 1.67 bits per heavy atom. The smallest absolute Gasteiger partial charge is 0.257 e. The van der Waals surface area contributed by atoms with Crippen molar-refractivity contribution in [3.63, 3.8) is 0 Å². The van der Waals surface area contributed by atoms with E-state index in [2.05, 4.69) is 5.32 Å².